The van der Waals surface area contributed by atoms with Crippen molar-refractivity contribution in [1.82, 2.24) is 4.98 Å². The number of thiazole rings is 1. The molecule has 4 rings (SSSR count). The van der Waals surface area contributed by atoms with Gasteiger partial charge in [0.2, 0.25) is 5.91 Å². The number of hydrogen-bond donors (Lipinski definition) is 2. The molecule has 1 aliphatic heterocycles. The minimum absolute atomic E-state index is 0. The Balaban J connectivity index is 0.00000225. The number of hydrogen-bond acceptors (Lipinski definition) is 6. The van der Waals surface area contributed by atoms with Gasteiger partial charge in [-0.1, -0.05) is 13.8 Å². The van der Waals surface area contributed by atoms with Crippen molar-refractivity contribution in [3.05, 3.63) is 29.1 Å². The highest BCUT2D eigenvalue weighted by molar-refractivity contribution is 7.14. The molecular weight excluding hydrogens is 398 g/mol. The van der Waals surface area contributed by atoms with Gasteiger partial charge in [0.15, 0.2) is 5.13 Å². The third kappa shape index (κ3) is 3.30. The average Bonchev–Trinajstić information content (AvgIpc) is 3.29. The van der Waals surface area contributed by atoms with Crippen molar-refractivity contribution in [2.24, 2.45) is 11.1 Å². The van der Waals surface area contributed by atoms with Gasteiger partial charge in [-0.2, -0.15) is 0 Å². The molecule has 8 heteroatoms. The largest absolute Gasteiger partial charge is 0.493 e. The number of nitrogens with one attached hydrogen (secondary N) is 1. The molecule has 1 fully saturated rings. The molecule has 28 heavy (non-hydrogen) atoms. The number of aromatic nitrogens is 1. The molecule has 1 aliphatic carbocycles. The Kier molecular flexibility index (Phi) is 5.74. The van der Waals surface area contributed by atoms with E-state index in [1.807, 2.05) is 38.3 Å². The molecule has 1 aromatic heterocycles. The number of anilines is 1. The van der Waals surface area contributed by atoms with Crippen molar-refractivity contribution in [3.63, 3.8) is 0 Å². The van der Waals surface area contributed by atoms with Crippen LogP contribution < -0.4 is 15.8 Å². The monoisotopic (exact) mass is 423 g/mol. The molecule has 6 nitrogen and oxygen atoms in total. The third-order valence-corrected chi connectivity index (χ3v) is 6.70. The second-order valence-corrected chi connectivity index (χ2v) is 8.61. The number of carbonyl (C=O) groups is 1. The number of benzene rings is 1. The number of nitrogens with two attached hydrogens (primary N) is 1. The van der Waals surface area contributed by atoms with Crippen LogP contribution in [0.1, 0.15) is 32.8 Å². The highest BCUT2D eigenvalue weighted by Crippen LogP contribution is 2.50. The van der Waals surface area contributed by atoms with Gasteiger partial charge in [-0.3, -0.25) is 4.79 Å². The summed E-state index contributed by atoms with van der Waals surface area (Å²) in [5, 5.41) is 5.42. The lowest BCUT2D eigenvalue weighted by Gasteiger charge is -2.57. The van der Waals surface area contributed by atoms with Gasteiger partial charge in [-0.25, -0.2) is 4.98 Å². The molecule has 0 radical (unpaired) electrons. The Bertz CT molecular complexity index is 885. The molecule has 2 aromatic rings. The van der Waals surface area contributed by atoms with Crippen molar-refractivity contribution in [2.75, 3.05) is 18.5 Å². The second-order valence-electron chi connectivity index (χ2n) is 7.75. The van der Waals surface area contributed by atoms with E-state index in [1.165, 1.54) is 16.9 Å². The van der Waals surface area contributed by atoms with E-state index in [0.717, 1.165) is 30.0 Å². The summed E-state index contributed by atoms with van der Waals surface area (Å²) in [5.41, 5.74) is 8.13. The summed E-state index contributed by atoms with van der Waals surface area (Å²) in [6, 6.07) is 6.08. The van der Waals surface area contributed by atoms with Gasteiger partial charge in [-0.05, 0) is 30.7 Å². The molecular formula is C20H26ClN3O3S. The molecule has 1 aromatic carbocycles. The van der Waals surface area contributed by atoms with Gasteiger partial charge in [0, 0.05) is 35.8 Å². The second kappa shape index (κ2) is 7.63. The van der Waals surface area contributed by atoms with E-state index >= 15 is 0 Å². The molecule has 0 spiro atoms. The number of nitrogens with zero attached hydrogens (tertiary/aromatic N) is 1. The van der Waals surface area contributed by atoms with E-state index in [2.05, 4.69) is 16.4 Å². The zero-order chi connectivity index (χ0) is 19.2. The summed E-state index contributed by atoms with van der Waals surface area (Å²) >= 11 is 1.41. The van der Waals surface area contributed by atoms with Crippen LogP contribution in [0.3, 0.4) is 0 Å². The van der Waals surface area contributed by atoms with Crippen LogP contribution in [-0.2, 0) is 16.0 Å². The molecule has 152 valence electrons. The Morgan fingerprint density at radius 1 is 1.46 bits per heavy atom. The lowest BCUT2D eigenvalue weighted by molar-refractivity contribution is -0.166. The van der Waals surface area contributed by atoms with Gasteiger partial charge in [0.1, 0.15) is 11.3 Å². The molecule has 1 amide bonds. The van der Waals surface area contributed by atoms with Crippen LogP contribution in [0.2, 0.25) is 0 Å². The fourth-order valence-electron chi connectivity index (χ4n) is 3.84. The standard InChI is InChI=1S/C20H25N3O3S.ClH/c1-4-25-16-10-20(21,19(16,2)3)17(24)23-18-22-14(11-27-18)12-5-6-15-13(9-12)7-8-26-15;/h5-6,9,11,16H,4,7-8,10,21H2,1-3H3,(H,22,23,24);1H. The molecule has 1 saturated carbocycles. The number of fused-ring (bicyclic) bond motifs is 1. The van der Waals surface area contributed by atoms with Crippen molar-refractivity contribution in [3.8, 4) is 17.0 Å². The maximum atomic E-state index is 12.8. The molecule has 3 N–H and O–H groups in total. The molecule has 2 heterocycles. The van der Waals surface area contributed by atoms with Gasteiger partial charge < -0.3 is 20.5 Å². The van der Waals surface area contributed by atoms with Crippen LogP contribution in [0.25, 0.3) is 11.3 Å². The number of carbonyl (C=O) groups excluding carboxylic acids is 1. The number of ether oxygens (including phenoxy) is 2. The van der Waals surface area contributed by atoms with E-state index in [4.69, 9.17) is 15.2 Å². The van der Waals surface area contributed by atoms with Crippen molar-refractivity contribution < 1.29 is 14.3 Å². The van der Waals surface area contributed by atoms with Gasteiger partial charge in [-0.15, -0.1) is 23.7 Å². The SMILES string of the molecule is CCOC1CC(N)(C(=O)Nc2nc(-c3ccc4c(c3)CCO4)cs2)C1(C)C.Cl. The molecule has 0 saturated heterocycles. The van der Waals surface area contributed by atoms with Crippen molar-refractivity contribution in [1.29, 1.82) is 0 Å². The molecule has 0 bridgehead atoms. The topological polar surface area (TPSA) is 86.5 Å². The number of rotatable bonds is 5. The summed E-state index contributed by atoms with van der Waals surface area (Å²) in [6.45, 7) is 7.27. The summed E-state index contributed by atoms with van der Waals surface area (Å²) in [7, 11) is 0. The van der Waals surface area contributed by atoms with Gasteiger partial charge in [0.25, 0.3) is 0 Å². The Hall–Kier alpha value is -1.67. The Morgan fingerprint density at radius 2 is 2.25 bits per heavy atom. The van der Waals surface area contributed by atoms with Crippen LogP contribution in [0, 0.1) is 5.41 Å². The van der Waals surface area contributed by atoms with E-state index in [9.17, 15) is 4.79 Å². The van der Waals surface area contributed by atoms with E-state index in [0.29, 0.717) is 18.2 Å². The third-order valence-electron chi connectivity index (χ3n) is 5.95. The van der Waals surface area contributed by atoms with Crippen LogP contribution in [0.15, 0.2) is 23.6 Å². The predicted octanol–water partition coefficient (Wildman–Crippen LogP) is 3.64. The number of halogens is 1. The van der Waals surface area contributed by atoms with Gasteiger partial charge in [0.05, 0.1) is 18.4 Å². The van der Waals surface area contributed by atoms with E-state index in [-0.39, 0.29) is 24.4 Å². The average molecular weight is 424 g/mol. The van der Waals surface area contributed by atoms with Gasteiger partial charge >= 0.3 is 0 Å². The smallest absolute Gasteiger partial charge is 0.246 e. The maximum Gasteiger partial charge on any atom is 0.246 e. The van der Waals surface area contributed by atoms with E-state index < -0.39 is 11.0 Å². The number of amides is 1. The van der Waals surface area contributed by atoms with Crippen LogP contribution >= 0.6 is 23.7 Å². The molecule has 2 unspecified atom stereocenters. The Morgan fingerprint density at radius 3 is 2.96 bits per heavy atom. The first-order chi connectivity index (χ1) is 12.8. The lowest BCUT2D eigenvalue weighted by atomic mass is 9.54. The molecule has 2 aliphatic rings. The maximum absolute atomic E-state index is 12.8. The van der Waals surface area contributed by atoms with E-state index in [1.54, 1.807) is 0 Å². The summed E-state index contributed by atoms with van der Waals surface area (Å²) in [6.07, 6.45) is 1.43. The minimum Gasteiger partial charge on any atom is -0.493 e. The fourth-order valence-corrected chi connectivity index (χ4v) is 4.55. The van der Waals surface area contributed by atoms with Crippen LogP contribution in [0.4, 0.5) is 5.13 Å². The highest BCUT2D eigenvalue weighted by Gasteiger charge is 2.63. The molecule has 2 atom stereocenters. The Labute approximate surface area is 175 Å². The zero-order valence-corrected chi connectivity index (χ0v) is 17.9. The quantitative estimate of drug-likeness (QED) is 0.766. The first kappa shape index (κ1) is 21.0. The summed E-state index contributed by atoms with van der Waals surface area (Å²) in [4.78, 5) is 17.4. The van der Waals surface area contributed by atoms with Crippen LogP contribution in [0.5, 0.6) is 5.75 Å². The first-order valence-electron chi connectivity index (χ1n) is 9.28. The summed E-state index contributed by atoms with van der Waals surface area (Å²) in [5.74, 6) is 0.746. The normalized spacial score (nSPS) is 24.5. The first-order valence-corrected chi connectivity index (χ1v) is 10.2. The zero-order valence-electron chi connectivity index (χ0n) is 16.3. The summed E-state index contributed by atoms with van der Waals surface area (Å²) < 4.78 is 11.3. The predicted molar refractivity (Wildman–Crippen MR) is 113 cm³/mol. The highest BCUT2D eigenvalue weighted by atomic mass is 35.5. The minimum atomic E-state index is -0.955. The van der Waals surface area contributed by atoms with Crippen LogP contribution in [-0.4, -0.2) is 35.7 Å². The van der Waals surface area contributed by atoms with Crippen molar-refractivity contribution in [2.45, 2.75) is 45.3 Å². The fraction of sp³-hybridized carbons (Fsp3) is 0.500. The van der Waals surface area contributed by atoms with Crippen molar-refractivity contribution >= 4 is 34.8 Å². The lowest BCUT2D eigenvalue weighted by Crippen LogP contribution is -2.74.